The summed E-state index contributed by atoms with van der Waals surface area (Å²) in [5.74, 6) is 0.276. The predicted molar refractivity (Wildman–Crippen MR) is 62.8 cm³/mol. The molecule has 0 aliphatic rings. The third-order valence-corrected chi connectivity index (χ3v) is 2.32. The van der Waals surface area contributed by atoms with Gasteiger partial charge in [0.15, 0.2) is 5.78 Å². The molecular weight excluding hydrogens is 263 g/mol. The Morgan fingerprint density at radius 1 is 1.26 bits per heavy atom. The van der Waals surface area contributed by atoms with Gasteiger partial charge in [-0.3, -0.25) is 4.79 Å². The smallest absolute Gasteiger partial charge is 0.401 e. The third kappa shape index (κ3) is 4.78. The van der Waals surface area contributed by atoms with Crippen LogP contribution in [0.15, 0.2) is 18.2 Å². The number of halogens is 3. The number of carbonyl (C=O) groups is 1. The number of hydrogen-bond donors (Lipinski definition) is 1. The summed E-state index contributed by atoms with van der Waals surface area (Å²) in [6.45, 7) is -1.63. The molecule has 0 fully saturated rings. The topological polar surface area (TPSA) is 47.6 Å². The van der Waals surface area contributed by atoms with E-state index in [-0.39, 0.29) is 11.3 Å². The molecule has 0 heterocycles. The number of benzene rings is 1. The Bertz CT molecular complexity index is 446. The molecule has 19 heavy (non-hydrogen) atoms. The summed E-state index contributed by atoms with van der Waals surface area (Å²) in [6, 6.07) is 4.49. The first-order valence-corrected chi connectivity index (χ1v) is 5.40. The number of carbonyl (C=O) groups excluding carboxylic acids is 1. The van der Waals surface area contributed by atoms with Crippen LogP contribution in [0.2, 0.25) is 0 Å². The molecule has 0 saturated carbocycles. The van der Waals surface area contributed by atoms with Gasteiger partial charge in [-0.25, -0.2) is 0 Å². The van der Waals surface area contributed by atoms with Gasteiger partial charge in [-0.2, -0.15) is 13.2 Å². The fraction of sp³-hybridized carbons (Fsp3) is 0.417. The van der Waals surface area contributed by atoms with Gasteiger partial charge in [-0.15, -0.1) is 0 Å². The van der Waals surface area contributed by atoms with Crippen LogP contribution in [0.5, 0.6) is 11.5 Å². The van der Waals surface area contributed by atoms with E-state index in [2.05, 4.69) is 0 Å². The second-order valence-corrected chi connectivity index (χ2v) is 3.71. The fourth-order valence-electron chi connectivity index (χ4n) is 1.44. The fourth-order valence-corrected chi connectivity index (χ4v) is 1.44. The number of hydrogen-bond acceptors (Lipinski definition) is 4. The summed E-state index contributed by atoms with van der Waals surface area (Å²) in [7, 11) is 2.83. The van der Waals surface area contributed by atoms with Crippen molar-refractivity contribution in [3.8, 4) is 11.5 Å². The molecule has 0 aliphatic carbocycles. The molecule has 4 nitrogen and oxygen atoms in total. The third-order valence-electron chi connectivity index (χ3n) is 2.32. The lowest BCUT2D eigenvalue weighted by molar-refractivity contribution is -0.124. The van der Waals surface area contributed by atoms with Crippen LogP contribution in [0.3, 0.4) is 0 Å². The lowest BCUT2D eigenvalue weighted by atomic mass is 10.1. The van der Waals surface area contributed by atoms with Crippen LogP contribution in [0.25, 0.3) is 0 Å². The molecule has 0 spiro atoms. The van der Waals surface area contributed by atoms with Crippen molar-refractivity contribution in [3.63, 3.8) is 0 Å². The van der Waals surface area contributed by atoms with E-state index in [4.69, 9.17) is 9.47 Å². The Morgan fingerprint density at radius 3 is 2.47 bits per heavy atom. The molecule has 0 atom stereocenters. The number of rotatable bonds is 6. The number of ketones is 1. The summed E-state index contributed by atoms with van der Waals surface area (Å²) >= 11 is 0. The minimum atomic E-state index is -4.34. The molecule has 106 valence electrons. The lowest BCUT2D eigenvalue weighted by Gasteiger charge is -2.11. The molecule has 1 rings (SSSR count). The van der Waals surface area contributed by atoms with Crippen molar-refractivity contribution < 1.29 is 27.4 Å². The molecule has 0 radical (unpaired) electrons. The summed E-state index contributed by atoms with van der Waals surface area (Å²) in [4.78, 5) is 11.8. The van der Waals surface area contributed by atoms with Crippen LogP contribution in [0.4, 0.5) is 13.2 Å². The molecule has 0 amide bonds. The van der Waals surface area contributed by atoms with Crippen LogP contribution in [0, 0.1) is 0 Å². The second kappa shape index (κ2) is 6.42. The normalized spacial score (nSPS) is 11.2. The zero-order chi connectivity index (χ0) is 14.5. The zero-order valence-electron chi connectivity index (χ0n) is 10.5. The highest BCUT2D eigenvalue weighted by Crippen LogP contribution is 2.24. The molecule has 1 aromatic carbocycles. The lowest BCUT2D eigenvalue weighted by Crippen LogP contribution is -2.32. The SMILES string of the molecule is COc1ccc(C(=O)CNCC(F)(F)F)c(OC)c1. The number of methoxy groups -OCH3 is 2. The van der Waals surface area contributed by atoms with Crippen molar-refractivity contribution in [2.24, 2.45) is 0 Å². The maximum absolute atomic E-state index is 11.9. The largest absolute Gasteiger partial charge is 0.497 e. The van der Waals surface area contributed by atoms with Crippen molar-refractivity contribution in [3.05, 3.63) is 23.8 Å². The average Bonchev–Trinajstić information content (AvgIpc) is 2.36. The highest BCUT2D eigenvalue weighted by Gasteiger charge is 2.26. The summed E-state index contributed by atoms with van der Waals surface area (Å²) in [5.41, 5.74) is 0.206. The van der Waals surface area contributed by atoms with E-state index >= 15 is 0 Å². The summed E-state index contributed by atoms with van der Waals surface area (Å²) in [5, 5.41) is 2.04. The molecule has 1 N–H and O–H groups in total. The maximum atomic E-state index is 11.9. The Labute approximate surface area is 108 Å². The van der Waals surface area contributed by atoms with Crippen LogP contribution < -0.4 is 14.8 Å². The van der Waals surface area contributed by atoms with Gasteiger partial charge < -0.3 is 14.8 Å². The van der Waals surface area contributed by atoms with Gasteiger partial charge in [0.05, 0.1) is 32.9 Å². The second-order valence-electron chi connectivity index (χ2n) is 3.71. The van der Waals surface area contributed by atoms with Gasteiger partial charge in [-0.05, 0) is 12.1 Å². The van der Waals surface area contributed by atoms with E-state index in [1.807, 2.05) is 5.32 Å². The molecule has 0 unspecified atom stereocenters. The molecule has 0 aromatic heterocycles. The number of Topliss-reactive ketones (excluding diaryl/α,β-unsaturated/α-hetero) is 1. The first kappa shape index (κ1) is 15.3. The summed E-state index contributed by atoms with van der Waals surface area (Å²) in [6.07, 6.45) is -4.34. The molecule has 0 aliphatic heterocycles. The van der Waals surface area contributed by atoms with E-state index < -0.39 is 25.0 Å². The monoisotopic (exact) mass is 277 g/mol. The average molecular weight is 277 g/mol. The molecule has 0 saturated heterocycles. The number of alkyl halides is 3. The Hall–Kier alpha value is -1.76. The minimum Gasteiger partial charge on any atom is -0.497 e. The molecule has 0 bridgehead atoms. The van der Waals surface area contributed by atoms with E-state index in [9.17, 15) is 18.0 Å². The Morgan fingerprint density at radius 2 is 1.95 bits per heavy atom. The predicted octanol–water partition coefficient (Wildman–Crippen LogP) is 2.04. The highest BCUT2D eigenvalue weighted by molar-refractivity contribution is 6.00. The maximum Gasteiger partial charge on any atom is 0.401 e. The Kier molecular flexibility index (Phi) is 5.17. The first-order chi connectivity index (χ1) is 8.87. The van der Waals surface area contributed by atoms with E-state index in [1.54, 1.807) is 6.07 Å². The van der Waals surface area contributed by atoms with E-state index in [0.717, 1.165) is 0 Å². The van der Waals surface area contributed by atoms with Gasteiger partial charge in [-0.1, -0.05) is 0 Å². The highest BCUT2D eigenvalue weighted by atomic mass is 19.4. The number of nitrogens with one attached hydrogen (secondary N) is 1. The van der Waals surface area contributed by atoms with Gasteiger partial charge in [0.25, 0.3) is 0 Å². The van der Waals surface area contributed by atoms with Gasteiger partial charge in [0, 0.05) is 6.07 Å². The quantitative estimate of drug-likeness (QED) is 0.808. The van der Waals surface area contributed by atoms with Gasteiger partial charge >= 0.3 is 6.18 Å². The molecule has 1 aromatic rings. The standard InChI is InChI=1S/C12H14F3NO3/c1-18-8-3-4-9(11(5-8)19-2)10(17)6-16-7-12(13,14)15/h3-5,16H,6-7H2,1-2H3. The van der Waals surface area contributed by atoms with Gasteiger partial charge in [0.2, 0.25) is 0 Å². The van der Waals surface area contributed by atoms with E-state index in [1.165, 1.54) is 26.4 Å². The summed E-state index contributed by atoms with van der Waals surface area (Å²) < 4.78 is 45.8. The molecular formula is C12H14F3NO3. The van der Waals surface area contributed by atoms with Crippen LogP contribution in [-0.2, 0) is 0 Å². The zero-order valence-corrected chi connectivity index (χ0v) is 10.5. The first-order valence-electron chi connectivity index (χ1n) is 5.40. The van der Waals surface area contributed by atoms with E-state index in [0.29, 0.717) is 5.75 Å². The van der Waals surface area contributed by atoms with Crippen molar-refractivity contribution in [1.82, 2.24) is 5.32 Å². The molecule has 7 heteroatoms. The van der Waals surface area contributed by atoms with Crippen LogP contribution >= 0.6 is 0 Å². The van der Waals surface area contributed by atoms with Crippen LogP contribution in [-0.4, -0.2) is 39.3 Å². The van der Waals surface area contributed by atoms with Gasteiger partial charge in [0.1, 0.15) is 11.5 Å². The van der Waals surface area contributed by atoms with Crippen molar-refractivity contribution in [2.75, 3.05) is 27.3 Å². The van der Waals surface area contributed by atoms with Crippen molar-refractivity contribution >= 4 is 5.78 Å². The Balaban J connectivity index is 2.71. The minimum absolute atomic E-state index is 0.206. The number of ether oxygens (including phenoxy) is 2. The van der Waals surface area contributed by atoms with Crippen molar-refractivity contribution in [2.45, 2.75) is 6.18 Å². The van der Waals surface area contributed by atoms with Crippen LogP contribution in [0.1, 0.15) is 10.4 Å². The van der Waals surface area contributed by atoms with Crippen molar-refractivity contribution in [1.29, 1.82) is 0 Å².